The standard InChI is InChI=1S/C19H15BrClNO2S2/c1-11(2)24-14-6-3-12(4-7-14)9-17-18(23)22(19(25)26-17)13-5-8-15(20)16(21)10-13/h3-11H,1-2H3/b17-9-. The minimum atomic E-state index is -0.152. The summed E-state index contributed by atoms with van der Waals surface area (Å²) in [5.41, 5.74) is 1.57. The van der Waals surface area contributed by atoms with E-state index < -0.39 is 0 Å². The zero-order valence-corrected chi connectivity index (χ0v) is 18.0. The second-order valence-corrected chi connectivity index (χ2v) is 8.79. The van der Waals surface area contributed by atoms with Gasteiger partial charge in [-0.05, 0) is 71.7 Å². The van der Waals surface area contributed by atoms with Crippen molar-refractivity contribution >= 4 is 73.5 Å². The van der Waals surface area contributed by atoms with Crippen molar-refractivity contribution < 1.29 is 9.53 Å². The van der Waals surface area contributed by atoms with Gasteiger partial charge in [-0.25, -0.2) is 0 Å². The minimum Gasteiger partial charge on any atom is -0.491 e. The molecule has 1 fully saturated rings. The maximum atomic E-state index is 12.8. The van der Waals surface area contributed by atoms with Gasteiger partial charge < -0.3 is 4.74 Å². The van der Waals surface area contributed by atoms with Crippen molar-refractivity contribution in [1.82, 2.24) is 0 Å². The fraction of sp³-hybridized carbons (Fsp3) is 0.158. The number of nitrogens with zero attached hydrogens (tertiary/aromatic N) is 1. The van der Waals surface area contributed by atoms with Gasteiger partial charge in [0.05, 0.1) is 21.7 Å². The van der Waals surface area contributed by atoms with Crippen LogP contribution in [0.4, 0.5) is 5.69 Å². The Labute approximate surface area is 175 Å². The zero-order valence-electron chi connectivity index (χ0n) is 14.0. The molecule has 0 bridgehead atoms. The molecule has 134 valence electrons. The minimum absolute atomic E-state index is 0.120. The Morgan fingerprint density at radius 2 is 1.92 bits per heavy atom. The second kappa shape index (κ2) is 8.13. The third-order valence-electron chi connectivity index (χ3n) is 3.50. The van der Waals surface area contributed by atoms with Gasteiger partial charge in [-0.15, -0.1) is 0 Å². The number of anilines is 1. The Balaban J connectivity index is 1.83. The Hall–Kier alpha value is -1.34. The van der Waals surface area contributed by atoms with Crippen LogP contribution in [-0.4, -0.2) is 16.3 Å². The molecule has 26 heavy (non-hydrogen) atoms. The van der Waals surface area contributed by atoms with Gasteiger partial charge in [0, 0.05) is 4.47 Å². The second-order valence-electron chi connectivity index (χ2n) is 5.85. The summed E-state index contributed by atoms with van der Waals surface area (Å²) in [7, 11) is 0. The maximum absolute atomic E-state index is 12.8. The number of carbonyl (C=O) groups is 1. The number of benzene rings is 2. The average Bonchev–Trinajstić information content (AvgIpc) is 2.85. The summed E-state index contributed by atoms with van der Waals surface area (Å²) in [5, 5.41) is 0.529. The third kappa shape index (κ3) is 4.31. The predicted octanol–water partition coefficient (Wildman–Crippen LogP) is 6.30. The van der Waals surface area contributed by atoms with Gasteiger partial charge in [0.1, 0.15) is 5.75 Å². The van der Waals surface area contributed by atoms with Gasteiger partial charge in [-0.2, -0.15) is 0 Å². The molecular weight excluding hydrogens is 454 g/mol. The molecule has 1 aliphatic heterocycles. The fourth-order valence-electron chi connectivity index (χ4n) is 2.38. The van der Waals surface area contributed by atoms with Gasteiger partial charge >= 0.3 is 0 Å². The number of rotatable bonds is 4. The first-order chi connectivity index (χ1) is 12.3. The highest BCUT2D eigenvalue weighted by Crippen LogP contribution is 2.38. The summed E-state index contributed by atoms with van der Waals surface area (Å²) >= 11 is 16.2. The molecule has 0 radical (unpaired) electrons. The van der Waals surface area contributed by atoms with Crippen molar-refractivity contribution in [3.05, 3.63) is 62.4 Å². The van der Waals surface area contributed by atoms with Crippen LogP contribution in [0.1, 0.15) is 19.4 Å². The Kier molecular flexibility index (Phi) is 6.07. The summed E-state index contributed by atoms with van der Waals surface area (Å²) in [5.74, 6) is 0.648. The number of ether oxygens (including phenoxy) is 1. The molecule has 0 aromatic heterocycles. The Bertz CT molecular complexity index is 897. The third-order valence-corrected chi connectivity index (χ3v) is 6.04. The maximum Gasteiger partial charge on any atom is 0.270 e. The molecular formula is C19H15BrClNO2S2. The van der Waals surface area contributed by atoms with E-state index in [-0.39, 0.29) is 12.0 Å². The molecule has 1 amide bonds. The molecule has 7 heteroatoms. The molecule has 0 unspecified atom stereocenters. The number of amides is 1. The predicted molar refractivity (Wildman–Crippen MR) is 117 cm³/mol. The normalized spacial score (nSPS) is 16.0. The van der Waals surface area contributed by atoms with Crippen LogP contribution in [0.3, 0.4) is 0 Å². The monoisotopic (exact) mass is 467 g/mol. The summed E-state index contributed by atoms with van der Waals surface area (Å²) in [6.07, 6.45) is 1.95. The van der Waals surface area contributed by atoms with Crippen molar-refractivity contribution in [3.8, 4) is 5.75 Å². The smallest absolute Gasteiger partial charge is 0.270 e. The molecule has 1 saturated heterocycles. The highest BCUT2D eigenvalue weighted by molar-refractivity contribution is 9.10. The van der Waals surface area contributed by atoms with Crippen LogP contribution in [-0.2, 0) is 4.79 Å². The molecule has 0 aliphatic carbocycles. The van der Waals surface area contributed by atoms with Crippen LogP contribution in [0.25, 0.3) is 6.08 Å². The molecule has 0 spiro atoms. The number of hydrogen-bond donors (Lipinski definition) is 0. The number of thiocarbonyl (C=S) groups is 1. The lowest BCUT2D eigenvalue weighted by Gasteiger charge is -2.15. The molecule has 0 atom stereocenters. The first kappa shape index (κ1) is 19.4. The lowest BCUT2D eigenvalue weighted by atomic mass is 10.2. The van der Waals surface area contributed by atoms with E-state index in [1.54, 1.807) is 12.1 Å². The number of halogens is 2. The number of carbonyl (C=O) groups excluding carboxylic acids is 1. The van der Waals surface area contributed by atoms with E-state index in [1.807, 2.05) is 50.3 Å². The molecule has 3 rings (SSSR count). The summed E-state index contributed by atoms with van der Waals surface area (Å²) in [6.45, 7) is 3.96. The quantitative estimate of drug-likeness (QED) is 0.389. The van der Waals surface area contributed by atoms with Crippen LogP contribution in [0.15, 0.2) is 51.8 Å². The van der Waals surface area contributed by atoms with E-state index in [9.17, 15) is 4.79 Å². The summed E-state index contributed by atoms with van der Waals surface area (Å²) in [4.78, 5) is 14.9. The molecule has 3 nitrogen and oxygen atoms in total. The van der Waals surface area contributed by atoms with Crippen LogP contribution in [0.2, 0.25) is 5.02 Å². The number of thioether (sulfide) groups is 1. The van der Waals surface area contributed by atoms with Crippen LogP contribution in [0.5, 0.6) is 5.75 Å². The Morgan fingerprint density at radius 1 is 1.23 bits per heavy atom. The van der Waals surface area contributed by atoms with Crippen LogP contribution >= 0.6 is 51.5 Å². The van der Waals surface area contributed by atoms with E-state index in [4.69, 9.17) is 28.6 Å². The zero-order chi connectivity index (χ0) is 18.8. The van der Waals surface area contributed by atoms with Gasteiger partial charge in [0.25, 0.3) is 5.91 Å². The Morgan fingerprint density at radius 3 is 2.54 bits per heavy atom. The van der Waals surface area contributed by atoms with Crippen molar-refractivity contribution in [2.45, 2.75) is 20.0 Å². The van der Waals surface area contributed by atoms with Gasteiger partial charge in [0.15, 0.2) is 4.32 Å². The highest BCUT2D eigenvalue weighted by Gasteiger charge is 2.33. The first-order valence-electron chi connectivity index (χ1n) is 7.85. The van der Waals surface area contributed by atoms with Crippen molar-refractivity contribution in [3.63, 3.8) is 0 Å². The average molecular weight is 469 g/mol. The molecule has 2 aromatic carbocycles. The largest absolute Gasteiger partial charge is 0.491 e. The lowest BCUT2D eigenvalue weighted by Crippen LogP contribution is -2.27. The molecule has 0 N–H and O–H groups in total. The SMILES string of the molecule is CC(C)Oc1ccc(/C=C2\SC(=S)N(c3ccc(Br)c(Cl)c3)C2=O)cc1. The van der Waals surface area contributed by atoms with E-state index in [1.165, 1.54) is 16.7 Å². The lowest BCUT2D eigenvalue weighted by molar-refractivity contribution is -0.113. The molecule has 1 heterocycles. The summed E-state index contributed by atoms with van der Waals surface area (Å²) in [6, 6.07) is 12.9. The molecule has 2 aromatic rings. The van der Waals surface area contributed by atoms with E-state index in [2.05, 4.69) is 15.9 Å². The van der Waals surface area contributed by atoms with Crippen molar-refractivity contribution in [2.24, 2.45) is 0 Å². The number of hydrogen-bond acceptors (Lipinski definition) is 4. The van der Waals surface area contributed by atoms with Gasteiger partial charge in [0.2, 0.25) is 0 Å². The van der Waals surface area contributed by atoms with Gasteiger partial charge in [-0.1, -0.05) is 47.7 Å². The van der Waals surface area contributed by atoms with Crippen LogP contribution < -0.4 is 9.64 Å². The summed E-state index contributed by atoms with van der Waals surface area (Å²) < 4.78 is 6.89. The molecule has 0 saturated carbocycles. The van der Waals surface area contributed by atoms with Gasteiger partial charge in [-0.3, -0.25) is 9.69 Å². The van der Waals surface area contributed by atoms with Crippen molar-refractivity contribution in [2.75, 3.05) is 4.90 Å². The first-order valence-corrected chi connectivity index (χ1v) is 10.2. The topological polar surface area (TPSA) is 29.5 Å². The van der Waals surface area contributed by atoms with E-state index >= 15 is 0 Å². The fourth-order valence-corrected chi connectivity index (χ4v) is 4.10. The van der Waals surface area contributed by atoms with E-state index in [0.717, 1.165) is 15.8 Å². The van der Waals surface area contributed by atoms with Crippen LogP contribution in [0, 0.1) is 0 Å². The highest BCUT2D eigenvalue weighted by atomic mass is 79.9. The van der Waals surface area contributed by atoms with E-state index in [0.29, 0.717) is 19.9 Å². The molecule has 1 aliphatic rings. The van der Waals surface area contributed by atoms with Crippen molar-refractivity contribution in [1.29, 1.82) is 0 Å².